The monoisotopic (exact) mass is 316 g/mol. The van der Waals surface area contributed by atoms with Crippen LogP contribution in [0, 0.1) is 0 Å². The lowest BCUT2D eigenvalue weighted by molar-refractivity contribution is -0.127. The van der Waals surface area contributed by atoms with E-state index in [1.807, 2.05) is 24.3 Å². The van der Waals surface area contributed by atoms with E-state index in [4.69, 9.17) is 0 Å². The van der Waals surface area contributed by atoms with Gasteiger partial charge in [0, 0.05) is 26.2 Å². The Kier molecular flexibility index (Phi) is 4.12. The molecule has 0 unspecified atom stereocenters. The molecule has 0 radical (unpaired) electrons. The number of carbonyl (C=O) groups is 2. The van der Waals surface area contributed by atoms with Crippen LogP contribution in [0.25, 0.3) is 0 Å². The van der Waals surface area contributed by atoms with E-state index in [1.54, 1.807) is 18.7 Å². The van der Waals surface area contributed by atoms with Crippen LogP contribution in [0.2, 0.25) is 0 Å². The Bertz CT molecular complexity index is 621. The molecule has 0 aromatic heterocycles. The quantitative estimate of drug-likeness (QED) is 0.884. The molecule has 0 spiro atoms. The van der Waals surface area contributed by atoms with Crippen LogP contribution in [0.1, 0.15) is 13.8 Å². The van der Waals surface area contributed by atoms with Crippen molar-refractivity contribution in [1.29, 1.82) is 0 Å². The second-order valence-electron chi connectivity index (χ2n) is 6.84. The molecule has 0 aliphatic carbocycles. The zero-order valence-corrected chi connectivity index (χ0v) is 14.0. The smallest absolute Gasteiger partial charge is 0.250 e. The molecule has 1 aromatic rings. The fraction of sp³-hybridized carbons (Fsp3) is 0.529. The van der Waals surface area contributed by atoms with E-state index in [0.717, 1.165) is 31.9 Å². The van der Waals surface area contributed by atoms with E-state index in [1.165, 1.54) is 0 Å². The van der Waals surface area contributed by atoms with Crippen molar-refractivity contribution in [2.45, 2.75) is 19.4 Å². The average Bonchev–Trinajstić information content (AvgIpc) is 2.50. The number of benzene rings is 1. The maximum atomic E-state index is 13.0. The molecule has 1 aromatic carbocycles. The second kappa shape index (κ2) is 5.94. The minimum absolute atomic E-state index is 0.0261. The Hall–Kier alpha value is -1.92. The van der Waals surface area contributed by atoms with Crippen molar-refractivity contribution in [2.75, 3.05) is 50.0 Å². The van der Waals surface area contributed by atoms with Gasteiger partial charge in [0.15, 0.2) is 0 Å². The van der Waals surface area contributed by atoms with Crippen LogP contribution in [0.3, 0.4) is 0 Å². The Morgan fingerprint density at radius 1 is 1.17 bits per heavy atom. The van der Waals surface area contributed by atoms with Crippen molar-refractivity contribution < 1.29 is 9.59 Å². The molecule has 124 valence electrons. The minimum Gasteiger partial charge on any atom is -0.322 e. The van der Waals surface area contributed by atoms with Crippen molar-refractivity contribution in [3.8, 4) is 0 Å². The zero-order chi connectivity index (χ0) is 16.6. The number of nitrogens with one attached hydrogen (secondary N) is 1. The average molecular weight is 316 g/mol. The second-order valence-corrected chi connectivity index (χ2v) is 6.84. The Labute approximate surface area is 137 Å². The number of amides is 2. The summed E-state index contributed by atoms with van der Waals surface area (Å²) in [4.78, 5) is 31.4. The number of rotatable bonds is 2. The number of anilines is 2. The summed E-state index contributed by atoms with van der Waals surface area (Å²) in [6.07, 6.45) is 0. The molecule has 2 heterocycles. The summed E-state index contributed by atoms with van der Waals surface area (Å²) in [6, 6.07) is 7.47. The molecule has 2 aliphatic rings. The number of likely N-dealkylation sites (N-methyl/N-ethyl adjacent to an activating group) is 1. The largest absolute Gasteiger partial charge is 0.322 e. The van der Waals surface area contributed by atoms with Crippen molar-refractivity contribution >= 4 is 23.2 Å². The number of piperazine rings is 1. The maximum Gasteiger partial charge on any atom is 0.250 e. The van der Waals surface area contributed by atoms with Crippen LogP contribution in [-0.2, 0) is 9.59 Å². The lowest BCUT2D eigenvalue weighted by atomic mass is 9.96. The van der Waals surface area contributed by atoms with E-state index in [0.29, 0.717) is 12.2 Å². The molecule has 1 fully saturated rings. The first-order chi connectivity index (χ1) is 10.9. The van der Waals surface area contributed by atoms with E-state index < -0.39 is 5.54 Å². The van der Waals surface area contributed by atoms with Crippen LogP contribution in [0.15, 0.2) is 24.3 Å². The number of fused-ring (bicyclic) bond motifs is 1. The highest BCUT2D eigenvalue weighted by Gasteiger charge is 2.43. The van der Waals surface area contributed by atoms with Crippen molar-refractivity contribution in [3.05, 3.63) is 24.3 Å². The molecule has 23 heavy (non-hydrogen) atoms. The van der Waals surface area contributed by atoms with Crippen LogP contribution in [0.4, 0.5) is 11.4 Å². The number of para-hydroxylation sites is 2. The van der Waals surface area contributed by atoms with Crippen molar-refractivity contribution in [3.63, 3.8) is 0 Å². The normalized spacial score (nSPS) is 21.7. The number of hydrogen-bond donors (Lipinski definition) is 1. The van der Waals surface area contributed by atoms with Gasteiger partial charge in [-0.15, -0.1) is 0 Å². The molecule has 0 atom stereocenters. The molecule has 6 nitrogen and oxygen atoms in total. The SMILES string of the molecule is CN1CCN(CC(=O)N2c3ccccc3NC(=O)C2(C)C)CC1. The number of hydrogen-bond acceptors (Lipinski definition) is 4. The van der Waals surface area contributed by atoms with Gasteiger partial charge < -0.3 is 10.2 Å². The third-order valence-electron chi connectivity index (χ3n) is 4.71. The number of nitrogens with zero attached hydrogens (tertiary/aromatic N) is 3. The molecule has 0 saturated carbocycles. The van der Waals surface area contributed by atoms with Gasteiger partial charge in [-0.2, -0.15) is 0 Å². The van der Waals surface area contributed by atoms with Gasteiger partial charge >= 0.3 is 0 Å². The first-order valence-electron chi connectivity index (χ1n) is 8.04. The lowest BCUT2D eigenvalue weighted by Gasteiger charge is -2.43. The molecular formula is C17H24N4O2. The van der Waals surface area contributed by atoms with E-state index in [2.05, 4.69) is 22.2 Å². The molecular weight excluding hydrogens is 292 g/mol. The summed E-state index contributed by atoms with van der Waals surface area (Å²) in [5.74, 6) is -0.176. The van der Waals surface area contributed by atoms with E-state index in [-0.39, 0.29) is 11.8 Å². The third kappa shape index (κ3) is 2.96. The zero-order valence-electron chi connectivity index (χ0n) is 14.0. The molecule has 2 amide bonds. The van der Waals surface area contributed by atoms with Crippen LogP contribution < -0.4 is 10.2 Å². The van der Waals surface area contributed by atoms with Gasteiger partial charge in [-0.25, -0.2) is 0 Å². The van der Waals surface area contributed by atoms with E-state index in [9.17, 15) is 9.59 Å². The molecule has 1 saturated heterocycles. The van der Waals surface area contributed by atoms with Crippen molar-refractivity contribution in [2.24, 2.45) is 0 Å². The highest BCUT2D eigenvalue weighted by atomic mass is 16.2. The molecule has 1 N–H and O–H groups in total. The molecule has 6 heteroatoms. The van der Waals surface area contributed by atoms with Gasteiger partial charge in [0.1, 0.15) is 5.54 Å². The van der Waals surface area contributed by atoms with Gasteiger partial charge in [-0.05, 0) is 33.0 Å². The summed E-state index contributed by atoms with van der Waals surface area (Å²) in [5.41, 5.74) is 0.581. The van der Waals surface area contributed by atoms with Gasteiger partial charge in [0.25, 0.3) is 0 Å². The fourth-order valence-electron chi connectivity index (χ4n) is 3.17. The van der Waals surface area contributed by atoms with Gasteiger partial charge in [-0.3, -0.25) is 19.4 Å². The van der Waals surface area contributed by atoms with Gasteiger partial charge in [-0.1, -0.05) is 12.1 Å². The highest BCUT2D eigenvalue weighted by molar-refractivity contribution is 6.14. The Morgan fingerprint density at radius 2 is 1.83 bits per heavy atom. The lowest BCUT2D eigenvalue weighted by Crippen LogP contribution is -2.60. The highest BCUT2D eigenvalue weighted by Crippen LogP contribution is 2.36. The standard InChI is InChI=1S/C17H24N4O2/c1-17(2)16(23)18-13-6-4-5-7-14(13)21(17)15(22)12-20-10-8-19(3)9-11-20/h4-7H,8-12H2,1-3H3,(H,18,23). The van der Waals surface area contributed by atoms with Gasteiger partial charge in [0.2, 0.25) is 11.8 Å². The summed E-state index contributed by atoms with van der Waals surface area (Å²) >= 11 is 0. The molecule has 3 rings (SSSR count). The Balaban J connectivity index is 1.84. The van der Waals surface area contributed by atoms with Crippen LogP contribution in [0.5, 0.6) is 0 Å². The third-order valence-corrected chi connectivity index (χ3v) is 4.71. The maximum absolute atomic E-state index is 13.0. The predicted octanol–water partition coefficient (Wildman–Crippen LogP) is 0.998. The number of carbonyl (C=O) groups excluding carboxylic acids is 2. The summed E-state index contributed by atoms with van der Waals surface area (Å²) in [6.45, 7) is 7.62. The van der Waals surface area contributed by atoms with E-state index >= 15 is 0 Å². The predicted molar refractivity (Wildman–Crippen MR) is 90.6 cm³/mol. The topological polar surface area (TPSA) is 55.9 Å². The summed E-state index contributed by atoms with van der Waals surface area (Å²) < 4.78 is 0. The van der Waals surface area contributed by atoms with Gasteiger partial charge in [0.05, 0.1) is 17.9 Å². The summed E-state index contributed by atoms with van der Waals surface area (Å²) in [7, 11) is 2.09. The van der Waals surface area contributed by atoms with Crippen LogP contribution >= 0.6 is 0 Å². The Morgan fingerprint density at radius 3 is 2.52 bits per heavy atom. The minimum atomic E-state index is -0.891. The van der Waals surface area contributed by atoms with Crippen molar-refractivity contribution in [1.82, 2.24) is 9.80 Å². The molecule has 0 bridgehead atoms. The molecule has 2 aliphatic heterocycles. The van der Waals surface area contributed by atoms with Crippen LogP contribution in [-0.4, -0.2) is 66.9 Å². The fourth-order valence-corrected chi connectivity index (χ4v) is 3.17. The first kappa shape index (κ1) is 16.0. The summed E-state index contributed by atoms with van der Waals surface area (Å²) in [5, 5.41) is 2.89. The first-order valence-corrected chi connectivity index (χ1v) is 8.04.